The Morgan fingerprint density at radius 2 is 1.70 bits per heavy atom. The molecule has 0 aliphatic carbocycles. The summed E-state index contributed by atoms with van der Waals surface area (Å²) in [6.45, 7) is 7.98. The Hall–Kier alpha value is -3.32. The van der Waals surface area contributed by atoms with Gasteiger partial charge in [-0.2, -0.15) is 0 Å². The van der Waals surface area contributed by atoms with Crippen LogP contribution in [0, 0.1) is 12.3 Å². The molecule has 1 unspecified atom stereocenters. The number of aromatic hydroxyl groups is 1. The number of hydrogen-bond acceptors (Lipinski definition) is 6. The number of rotatable bonds is 6. The molecule has 1 atom stereocenters. The van der Waals surface area contributed by atoms with Gasteiger partial charge in [0.05, 0.1) is 17.3 Å². The molecule has 0 saturated heterocycles. The molecule has 1 amide bonds. The van der Waals surface area contributed by atoms with Crippen LogP contribution in [-0.4, -0.2) is 30.0 Å². The maximum absolute atomic E-state index is 12.5. The molecule has 0 aliphatic heterocycles. The van der Waals surface area contributed by atoms with E-state index in [1.807, 2.05) is 45.9 Å². The van der Waals surface area contributed by atoms with Gasteiger partial charge in [0, 0.05) is 19.1 Å². The van der Waals surface area contributed by atoms with Crippen molar-refractivity contribution >= 4 is 34.6 Å². The van der Waals surface area contributed by atoms with Gasteiger partial charge in [0.1, 0.15) is 11.4 Å². The van der Waals surface area contributed by atoms with E-state index in [2.05, 4.69) is 10.6 Å². The zero-order valence-electron chi connectivity index (χ0n) is 19.5. The average molecular weight is 470 g/mol. The van der Waals surface area contributed by atoms with Crippen LogP contribution in [0.4, 0.5) is 17.1 Å². The lowest BCUT2D eigenvalue weighted by Crippen LogP contribution is -2.39. The van der Waals surface area contributed by atoms with Crippen LogP contribution >= 0.6 is 11.6 Å². The number of hydrogen-bond donors (Lipinski definition) is 3. The molecule has 0 heterocycles. The fourth-order valence-electron chi connectivity index (χ4n) is 3.72. The van der Waals surface area contributed by atoms with Crippen molar-refractivity contribution in [1.82, 2.24) is 4.90 Å². The van der Waals surface area contributed by atoms with Crippen LogP contribution in [0.1, 0.15) is 48.3 Å². The van der Waals surface area contributed by atoms with Crippen molar-refractivity contribution in [3.8, 4) is 5.75 Å². The van der Waals surface area contributed by atoms with Crippen LogP contribution in [0.15, 0.2) is 46.0 Å². The molecule has 174 valence electrons. The third-order valence-electron chi connectivity index (χ3n) is 5.40. The molecule has 8 heteroatoms. The summed E-state index contributed by atoms with van der Waals surface area (Å²) in [6.07, 6.45) is 0. The fraction of sp³-hybridized carbons (Fsp3) is 0.320. The molecule has 3 aromatic carbocycles. The molecule has 33 heavy (non-hydrogen) atoms. The van der Waals surface area contributed by atoms with Gasteiger partial charge in [-0.25, -0.2) is 0 Å². The molecule has 0 bridgehead atoms. The standard InChI is InChI=1S/C25H28ClN3O4/c1-13-10-14(12-15(26)11-13)23(25(2,3)4)28-19-18(21(31)22(19)32)27-17-9-7-8-16(20(17)30)24(33)29(5)6/h7-12,23,27-28,30H,1-6H3. The summed E-state index contributed by atoms with van der Waals surface area (Å²) in [4.78, 5) is 38.5. The van der Waals surface area contributed by atoms with E-state index >= 15 is 0 Å². The number of anilines is 3. The summed E-state index contributed by atoms with van der Waals surface area (Å²) in [6, 6.07) is 9.94. The summed E-state index contributed by atoms with van der Waals surface area (Å²) >= 11 is 6.26. The summed E-state index contributed by atoms with van der Waals surface area (Å²) < 4.78 is 0. The Morgan fingerprint density at radius 3 is 2.27 bits per heavy atom. The van der Waals surface area contributed by atoms with Gasteiger partial charge in [-0.05, 0) is 47.7 Å². The average Bonchev–Trinajstić information content (AvgIpc) is 2.71. The third kappa shape index (κ3) is 4.88. The number of phenolic OH excluding ortho intramolecular Hbond substituents is 1. The maximum atomic E-state index is 12.5. The van der Waals surface area contributed by atoms with Crippen molar-refractivity contribution < 1.29 is 9.90 Å². The predicted molar refractivity (Wildman–Crippen MR) is 133 cm³/mol. The normalized spacial score (nSPS) is 12.5. The second kappa shape index (κ2) is 8.90. The minimum absolute atomic E-state index is 0.0396. The highest BCUT2D eigenvalue weighted by atomic mass is 35.5. The van der Waals surface area contributed by atoms with Crippen LogP contribution in [0.25, 0.3) is 0 Å². The number of nitrogens with zero attached hydrogens (tertiary/aromatic N) is 1. The van der Waals surface area contributed by atoms with Crippen LogP contribution in [0.5, 0.6) is 5.75 Å². The molecule has 0 saturated carbocycles. The number of aryl methyl sites for hydroxylation is 1. The molecule has 7 nitrogen and oxygen atoms in total. The SMILES string of the molecule is Cc1cc(Cl)cc(C(Nc2c(Nc3cccc(C(=O)N(C)C)c3O)c(=O)c2=O)C(C)(C)C)c1. The number of carbonyl (C=O) groups excluding carboxylic acids is 1. The Morgan fingerprint density at radius 1 is 1.06 bits per heavy atom. The van der Waals surface area contributed by atoms with E-state index in [0.29, 0.717) is 5.02 Å². The topological polar surface area (TPSA) is 98.7 Å². The lowest BCUT2D eigenvalue weighted by atomic mass is 9.81. The molecule has 3 rings (SSSR count). The highest BCUT2D eigenvalue weighted by Gasteiger charge is 2.31. The lowest BCUT2D eigenvalue weighted by Gasteiger charge is -2.34. The smallest absolute Gasteiger partial charge is 0.257 e. The van der Waals surface area contributed by atoms with E-state index in [4.69, 9.17) is 11.6 Å². The van der Waals surface area contributed by atoms with Crippen LogP contribution in [0.3, 0.4) is 0 Å². The van der Waals surface area contributed by atoms with E-state index in [1.54, 1.807) is 20.2 Å². The van der Waals surface area contributed by atoms with E-state index in [1.165, 1.54) is 17.0 Å². The number of para-hydroxylation sites is 1. The minimum atomic E-state index is -0.698. The Bertz CT molecular complexity index is 1260. The largest absolute Gasteiger partial charge is 0.505 e. The molecule has 0 spiro atoms. The first kappa shape index (κ1) is 24.3. The van der Waals surface area contributed by atoms with Crippen molar-refractivity contribution in [2.75, 3.05) is 24.7 Å². The molecule has 3 aromatic rings. The molecule has 0 radical (unpaired) electrons. The number of nitrogens with one attached hydrogen (secondary N) is 2. The van der Waals surface area contributed by atoms with Crippen LogP contribution in [-0.2, 0) is 0 Å². The van der Waals surface area contributed by atoms with Gasteiger partial charge < -0.3 is 20.6 Å². The molecule has 3 N–H and O–H groups in total. The highest BCUT2D eigenvalue weighted by molar-refractivity contribution is 6.30. The number of phenols is 1. The van der Waals surface area contributed by atoms with Gasteiger partial charge >= 0.3 is 0 Å². The van der Waals surface area contributed by atoms with Gasteiger partial charge in [-0.3, -0.25) is 14.4 Å². The first-order valence-corrected chi connectivity index (χ1v) is 10.9. The Kier molecular flexibility index (Phi) is 6.56. The molecular weight excluding hydrogens is 442 g/mol. The second-order valence-electron chi connectivity index (χ2n) is 9.44. The Labute approximate surface area is 197 Å². The molecule has 0 aliphatic rings. The fourth-order valence-corrected chi connectivity index (χ4v) is 4.01. The van der Waals surface area contributed by atoms with E-state index in [0.717, 1.165) is 11.1 Å². The molecular formula is C25H28ClN3O4. The lowest BCUT2D eigenvalue weighted by molar-refractivity contribution is 0.0824. The van der Waals surface area contributed by atoms with Gasteiger partial charge in [0.25, 0.3) is 16.8 Å². The third-order valence-corrected chi connectivity index (χ3v) is 5.61. The Balaban J connectivity index is 2.00. The summed E-state index contributed by atoms with van der Waals surface area (Å²) in [7, 11) is 3.15. The molecule has 0 fully saturated rings. The summed E-state index contributed by atoms with van der Waals surface area (Å²) in [5, 5.41) is 17.2. The quantitative estimate of drug-likeness (QED) is 0.360. The van der Waals surface area contributed by atoms with E-state index in [9.17, 15) is 19.5 Å². The minimum Gasteiger partial charge on any atom is -0.505 e. The van der Waals surface area contributed by atoms with Gasteiger partial charge in [0.2, 0.25) is 0 Å². The predicted octanol–water partition coefficient (Wildman–Crippen LogP) is 4.59. The van der Waals surface area contributed by atoms with Gasteiger partial charge in [-0.1, -0.05) is 44.5 Å². The van der Waals surface area contributed by atoms with Crippen molar-refractivity contribution in [3.63, 3.8) is 0 Å². The van der Waals surface area contributed by atoms with E-state index in [-0.39, 0.29) is 45.7 Å². The second-order valence-corrected chi connectivity index (χ2v) is 9.88. The van der Waals surface area contributed by atoms with Crippen LogP contribution in [0.2, 0.25) is 5.02 Å². The van der Waals surface area contributed by atoms with Crippen LogP contribution < -0.4 is 21.5 Å². The molecule has 0 aromatic heterocycles. The first-order valence-electron chi connectivity index (χ1n) is 10.5. The number of amides is 1. The number of halogens is 1. The number of benzene rings is 2. The summed E-state index contributed by atoms with van der Waals surface area (Å²) in [5.41, 5.74) is 0.593. The van der Waals surface area contributed by atoms with Crippen molar-refractivity contribution in [3.05, 3.63) is 78.6 Å². The number of carbonyl (C=O) groups is 1. The van der Waals surface area contributed by atoms with E-state index < -0.39 is 10.9 Å². The van der Waals surface area contributed by atoms with Gasteiger partial charge in [0.15, 0.2) is 5.75 Å². The first-order chi connectivity index (χ1) is 15.3. The van der Waals surface area contributed by atoms with Crippen molar-refractivity contribution in [2.45, 2.75) is 33.7 Å². The monoisotopic (exact) mass is 469 g/mol. The zero-order valence-corrected chi connectivity index (χ0v) is 20.3. The van der Waals surface area contributed by atoms with Crippen molar-refractivity contribution in [2.24, 2.45) is 5.41 Å². The zero-order chi connectivity index (χ0) is 24.7. The maximum Gasteiger partial charge on any atom is 0.257 e. The highest BCUT2D eigenvalue weighted by Crippen LogP contribution is 2.39. The van der Waals surface area contributed by atoms with Crippen molar-refractivity contribution in [1.29, 1.82) is 0 Å². The summed E-state index contributed by atoms with van der Waals surface area (Å²) in [5.74, 6) is -0.684. The van der Waals surface area contributed by atoms with Gasteiger partial charge in [-0.15, -0.1) is 0 Å².